The molecule has 0 atom stereocenters. The van der Waals surface area contributed by atoms with Gasteiger partial charge in [0.1, 0.15) is 13.2 Å². The fourth-order valence-electron chi connectivity index (χ4n) is 2.50. The first-order valence-corrected chi connectivity index (χ1v) is 8.49. The molecule has 0 saturated heterocycles. The van der Waals surface area contributed by atoms with Gasteiger partial charge >= 0.3 is 0 Å². The molecule has 0 spiro atoms. The summed E-state index contributed by atoms with van der Waals surface area (Å²) in [7, 11) is 4.06. The van der Waals surface area contributed by atoms with Gasteiger partial charge in [0.05, 0.1) is 10.2 Å². The number of rotatable bonds is 5. The third-order valence-electron chi connectivity index (χ3n) is 3.64. The molecular weight excluding hydrogens is 350 g/mol. The average Bonchev–Trinajstić information content (AvgIpc) is 2.90. The predicted molar refractivity (Wildman–Crippen MR) is 99.1 cm³/mol. The number of thiazole rings is 1. The number of anilines is 1. The van der Waals surface area contributed by atoms with Crippen LogP contribution in [-0.4, -0.2) is 56.2 Å². The molecule has 0 radical (unpaired) electrons. The number of hydrogen-bond acceptors (Lipinski definition) is 6. The van der Waals surface area contributed by atoms with Crippen LogP contribution in [0, 0.1) is 0 Å². The Bertz CT molecular complexity index is 677. The lowest BCUT2D eigenvalue weighted by molar-refractivity contribution is -0.116. The second-order valence-electron chi connectivity index (χ2n) is 5.79. The summed E-state index contributed by atoms with van der Waals surface area (Å²) >= 11 is 1.51. The standard InChI is InChI=1S/C16H21N3O3S.ClH/c1-11(20)19(6-4-5-18(2)3)16-17-12-9-13-14(10-15(12)23-16)22-8-7-21-13;/h9-10H,4-8H2,1-3H3;1H. The highest BCUT2D eigenvalue weighted by Gasteiger charge is 2.19. The van der Waals surface area contributed by atoms with Crippen molar-refractivity contribution in [1.82, 2.24) is 9.88 Å². The van der Waals surface area contributed by atoms with Gasteiger partial charge in [0.15, 0.2) is 16.6 Å². The van der Waals surface area contributed by atoms with E-state index in [4.69, 9.17) is 9.47 Å². The summed E-state index contributed by atoms with van der Waals surface area (Å²) in [5, 5.41) is 0.730. The monoisotopic (exact) mass is 371 g/mol. The van der Waals surface area contributed by atoms with Crippen LogP contribution in [0.25, 0.3) is 10.2 Å². The highest BCUT2D eigenvalue weighted by atomic mass is 35.5. The van der Waals surface area contributed by atoms with Crippen molar-refractivity contribution in [2.45, 2.75) is 13.3 Å². The van der Waals surface area contributed by atoms with Crippen molar-refractivity contribution in [1.29, 1.82) is 0 Å². The number of nitrogens with zero attached hydrogens (tertiary/aromatic N) is 3. The lowest BCUT2D eigenvalue weighted by atomic mass is 10.3. The summed E-state index contributed by atoms with van der Waals surface area (Å²) in [6.07, 6.45) is 0.908. The first-order valence-electron chi connectivity index (χ1n) is 7.67. The number of fused-ring (bicyclic) bond motifs is 2. The summed E-state index contributed by atoms with van der Waals surface area (Å²) in [5.41, 5.74) is 0.841. The van der Waals surface area contributed by atoms with E-state index in [0.717, 1.165) is 39.8 Å². The van der Waals surface area contributed by atoms with Crippen LogP contribution in [0.3, 0.4) is 0 Å². The average molecular weight is 372 g/mol. The summed E-state index contributed by atoms with van der Waals surface area (Å²) in [4.78, 5) is 20.5. The smallest absolute Gasteiger partial charge is 0.225 e. The van der Waals surface area contributed by atoms with Crippen LogP contribution in [0.5, 0.6) is 11.5 Å². The number of benzene rings is 1. The van der Waals surface area contributed by atoms with Crippen molar-refractivity contribution in [2.75, 3.05) is 45.3 Å². The Morgan fingerprint density at radius 2 is 1.88 bits per heavy atom. The molecule has 0 aliphatic carbocycles. The number of ether oxygens (including phenoxy) is 2. The van der Waals surface area contributed by atoms with Crippen molar-refractivity contribution in [3.8, 4) is 11.5 Å². The normalized spacial score (nSPS) is 13.0. The molecule has 6 nitrogen and oxygen atoms in total. The maximum absolute atomic E-state index is 12.0. The first kappa shape index (κ1) is 18.8. The number of amides is 1. The van der Waals surface area contributed by atoms with Gasteiger partial charge in [-0.1, -0.05) is 11.3 Å². The van der Waals surface area contributed by atoms with E-state index in [1.807, 2.05) is 26.2 Å². The van der Waals surface area contributed by atoms with E-state index in [0.29, 0.717) is 19.8 Å². The lowest BCUT2D eigenvalue weighted by Crippen LogP contribution is -2.31. The minimum Gasteiger partial charge on any atom is -0.486 e. The maximum atomic E-state index is 12.0. The fourth-order valence-corrected chi connectivity index (χ4v) is 3.55. The number of halogens is 1. The summed E-state index contributed by atoms with van der Waals surface area (Å²) in [5.74, 6) is 1.49. The minimum absolute atomic E-state index is 0. The first-order chi connectivity index (χ1) is 11.0. The molecule has 8 heteroatoms. The van der Waals surface area contributed by atoms with Gasteiger partial charge in [-0.15, -0.1) is 12.4 Å². The second kappa shape index (κ2) is 8.00. The molecule has 0 N–H and O–H groups in total. The van der Waals surface area contributed by atoms with Gasteiger partial charge in [-0.05, 0) is 27.1 Å². The molecule has 24 heavy (non-hydrogen) atoms. The van der Waals surface area contributed by atoms with Crippen molar-refractivity contribution in [3.63, 3.8) is 0 Å². The topological polar surface area (TPSA) is 54.9 Å². The van der Waals surface area contributed by atoms with E-state index in [1.54, 1.807) is 11.8 Å². The van der Waals surface area contributed by atoms with Crippen LogP contribution < -0.4 is 14.4 Å². The highest BCUT2D eigenvalue weighted by molar-refractivity contribution is 7.22. The summed E-state index contributed by atoms with van der Waals surface area (Å²) in [6.45, 7) is 4.30. The molecule has 1 aromatic heterocycles. The number of hydrogen-bond donors (Lipinski definition) is 0. The van der Waals surface area contributed by atoms with Gasteiger partial charge in [-0.3, -0.25) is 9.69 Å². The zero-order chi connectivity index (χ0) is 16.4. The van der Waals surface area contributed by atoms with Crippen LogP contribution in [-0.2, 0) is 4.79 Å². The Hall–Kier alpha value is -1.57. The van der Waals surface area contributed by atoms with Gasteiger partial charge < -0.3 is 14.4 Å². The second-order valence-corrected chi connectivity index (χ2v) is 6.80. The van der Waals surface area contributed by atoms with Crippen LogP contribution in [0.1, 0.15) is 13.3 Å². The highest BCUT2D eigenvalue weighted by Crippen LogP contribution is 2.38. The van der Waals surface area contributed by atoms with E-state index >= 15 is 0 Å². The molecule has 132 valence electrons. The Labute approximate surface area is 151 Å². The largest absolute Gasteiger partial charge is 0.486 e. The molecular formula is C16H22ClN3O3S. The van der Waals surface area contributed by atoms with Crippen LogP contribution in [0.15, 0.2) is 12.1 Å². The Morgan fingerprint density at radius 1 is 1.21 bits per heavy atom. The van der Waals surface area contributed by atoms with Gasteiger partial charge in [0.2, 0.25) is 5.91 Å². The van der Waals surface area contributed by atoms with Gasteiger partial charge in [-0.25, -0.2) is 4.98 Å². The van der Waals surface area contributed by atoms with Crippen molar-refractivity contribution in [3.05, 3.63) is 12.1 Å². The number of aromatic nitrogens is 1. The molecule has 3 rings (SSSR count). The van der Waals surface area contributed by atoms with E-state index in [9.17, 15) is 4.79 Å². The van der Waals surface area contributed by atoms with Crippen LogP contribution in [0.4, 0.5) is 5.13 Å². The molecule has 1 aliphatic rings. The molecule has 2 aromatic rings. The maximum Gasteiger partial charge on any atom is 0.225 e. The molecule has 0 unspecified atom stereocenters. The molecule has 2 heterocycles. The summed E-state index contributed by atoms with van der Waals surface area (Å²) < 4.78 is 12.2. The zero-order valence-electron chi connectivity index (χ0n) is 14.1. The number of carbonyl (C=O) groups is 1. The number of carbonyl (C=O) groups excluding carboxylic acids is 1. The van der Waals surface area contributed by atoms with E-state index < -0.39 is 0 Å². The van der Waals surface area contributed by atoms with Crippen molar-refractivity contribution < 1.29 is 14.3 Å². The van der Waals surface area contributed by atoms with Gasteiger partial charge in [0, 0.05) is 25.6 Å². The Kier molecular flexibility index (Phi) is 6.26. The zero-order valence-corrected chi connectivity index (χ0v) is 15.7. The quantitative estimate of drug-likeness (QED) is 0.808. The third-order valence-corrected chi connectivity index (χ3v) is 4.68. The van der Waals surface area contributed by atoms with Gasteiger partial charge in [0.25, 0.3) is 0 Å². The fraction of sp³-hybridized carbons (Fsp3) is 0.500. The molecule has 1 amide bonds. The van der Waals surface area contributed by atoms with Crippen molar-refractivity contribution in [2.24, 2.45) is 0 Å². The van der Waals surface area contributed by atoms with E-state index in [1.165, 1.54) is 11.3 Å². The van der Waals surface area contributed by atoms with Crippen molar-refractivity contribution >= 4 is 45.0 Å². The molecule has 0 fully saturated rings. The van der Waals surface area contributed by atoms with Crippen LogP contribution in [0.2, 0.25) is 0 Å². The Balaban J connectivity index is 0.00000208. The predicted octanol–water partition coefficient (Wildman–Crippen LogP) is 2.79. The van der Waals surface area contributed by atoms with E-state index in [2.05, 4.69) is 9.88 Å². The molecule has 0 bridgehead atoms. The van der Waals surface area contributed by atoms with Crippen LogP contribution >= 0.6 is 23.7 Å². The molecule has 1 aromatic carbocycles. The third kappa shape index (κ3) is 4.09. The SMILES string of the molecule is CC(=O)N(CCCN(C)C)c1nc2cc3c(cc2s1)OCCO3.Cl. The van der Waals surface area contributed by atoms with Gasteiger partial charge in [-0.2, -0.15) is 0 Å². The molecule has 0 saturated carbocycles. The minimum atomic E-state index is 0. The van der Waals surface area contributed by atoms with E-state index in [-0.39, 0.29) is 18.3 Å². The summed E-state index contributed by atoms with van der Waals surface area (Å²) in [6, 6.07) is 3.84. The molecule has 1 aliphatic heterocycles. The lowest BCUT2D eigenvalue weighted by Gasteiger charge is -2.19. The Morgan fingerprint density at radius 3 is 2.50 bits per heavy atom.